The van der Waals surface area contributed by atoms with E-state index >= 15 is 0 Å². The number of rotatable bonds is 10. The first-order chi connectivity index (χ1) is 18.8. The van der Waals surface area contributed by atoms with Gasteiger partial charge < -0.3 is 20.1 Å². The molecular formula is C29H27FN4O5. The molecule has 200 valence electrons. The van der Waals surface area contributed by atoms with Crippen LogP contribution < -0.4 is 15.4 Å². The number of benzene rings is 3. The standard InChI is InChI=1S/C29H27FN4O5/c1-18(20-6-4-3-5-7-20)26(27(35)32-24-13-8-19(17-31)16-23(24)30)34-28(36)25(33-29(34)37)21-9-11-22(12-10-21)39-15-14-38-2/h3-13,16,18,25-26H,14-15H2,1-2H3,(H,32,35)(H,33,37)/t18?,25-,26?/m1/s1. The number of urea groups is 1. The van der Waals surface area contributed by atoms with Crippen LogP contribution in [0.15, 0.2) is 72.8 Å². The molecule has 3 atom stereocenters. The first kappa shape index (κ1) is 27.3. The fourth-order valence-corrected chi connectivity index (χ4v) is 4.38. The van der Waals surface area contributed by atoms with Crippen molar-refractivity contribution in [2.45, 2.75) is 24.9 Å². The van der Waals surface area contributed by atoms with Gasteiger partial charge in [0, 0.05) is 13.0 Å². The van der Waals surface area contributed by atoms with Gasteiger partial charge in [0.25, 0.3) is 5.91 Å². The van der Waals surface area contributed by atoms with Crippen molar-refractivity contribution in [3.8, 4) is 11.8 Å². The minimum absolute atomic E-state index is 0.0896. The number of hydrogen-bond donors (Lipinski definition) is 2. The van der Waals surface area contributed by atoms with Gasteiger partial charge in [0.2, 0.25) is 5.91 Å². The Bertz CT molecular complexity index is 1390. The second-order valence-electron chi connectivity index (χ2n) is 8.94. The Labute approximate surface area is 225 Å². The first-order valence-corrected chi connectivity index (χ1v) is 12.2. The number of nitrogens with one attached hydrogen (secondary N) is 2. The fourth-order valence-electron chi connectivity index (χ4n) is 4.38. The number of nitriles is 1. The molecule has 10 heteroatoms. The molecule has 0 radical (unpaired) electrons. The van der Waals surface area contributed by atoms with Crippen LogP contribution in [-0.2, 0) is 14.3 Å². The number of ether oxygens (including phenoxy) is 2. The third-order valence-corrected chi connectivity index (χ3v) is 6.44. The maximum absolute atomic E-state index is 14.6. The van der Waals surface area contributed by atoms with E-state index in [1.807, 2.05) is 12.1 Å². The molecule has 39 heavy (non-hydrogen) atoms. The molecule has 1 aliphatic heterocycles. The van der Waals surface area contributed by atoms with E-state index in [9.17, 15) is 18.8 Å². The molecule has 3 aromatic carbocycles. The molecular weight excluding hydrogens is 503 g/mol. The van der Waals surface area contributed by atoms with E-state index in [-0.39, 0.29) is 11.3 Å². The lowest BCUT2D eigenvalue weighted by Crippen LogP contribution is -2.50. The van der Waals surface area contributed by atoms with Crippen molar-refractivity contribution in [3.05, 3.63) is 95.3 Å². The number of nitrogens with zero attached hydrogens (tertiary/aromatic N) is 2. The molecule has 2 unspecified atom stereocenters. The normalized spacial score (nSPS) is 16.3. The predicted octanol–water partition coefficient (Wildman–Crippen LogP) is 4.13. The van der Waals surface area contributed by atoms with Crippen LogP contribution in [0.5, 0.6) is 5.75 Å². The molecule has 1 fully saturated rings. The lowest BCUT2D eigenvalue weighted by Gasteiger charge is -2.30. The number of carbonyl (C=O) groups is 3. The molecule has 0 spiro atoms. The zero-order valence-electron chi connectivity index (χ0n) is 21.4. The largest absolute Gasteiger partial charge is 0.491 e. The summed E-state index contributed by atoms with van der Waals surface area (Å²) in [6.07, 6.45) is 0. The highest BCUT2D eigenvalue weighted by molar-refractivity contribution is 6.10. The molecule has 3 aromatic rings. The van der Waals surface area contributed by atoms with Crippen LogP contribution in [0.25, 0.3) is 0 Å². The molecule has 4 amide bonds. The molecule has 0 aromatic heterocycles. The molecule has 4 rings (SSSR count). The summed E-state index contributed by atoms with van der Waals surface area (Å²) >= 11 is 0. The number of methoxy groups -OCH3 is 1. The van der Waals surface area contributed by atoms with Crippen molar-refractivity contribution in [2.75, 3.05) is 25.6 Å². The Morgan fingerprint density at radius 2 is 1.82 bits per heavy atom. The van der Waals surface area contributed by atoms with Gasteiger partial charge in [0.1, 0.15) is 30.3 Å². The summed E-state index contributed by atoms with van der Waals surface area (Å²) in [4.78, 5) is 41.2. The van der Waals surface area contributed by atoms with Crippen molar-refractivity contribution in [1.82, 2.24) is 10.2 Å². The topological polar surface area (TPSA) is 121 Å². The summed E-state index contributed by atoms with van der Waals surface area (Å²) < 4.78 is 25.1. The highest BCUT2D eigenvalue weighted by Gasteiger charge is 2.47. The summed E-state index contributed by atoms with van der Waals surface area (Å²) in [6, 6.07) is 18.0. The third-order valence-electron chi connectivity index (χ3n) is 6.44. The fraction of sp³-hybridized carbons (Fsp3) is 0.241. The van der Waals surface area contributed by atoms with Gasteiger partial charge >= 0.3 is 6.03 Å². The highest BCUT2D eigenvalue weighted by atomic mass is 19.1. The monoisotopic (exact) mass is 530 g/mol. The van der Waals surface area contributed by atoms with E-state index in [4.69, 9.17) is 14.7 Å². The van der Waals surface area contributed by atoms with Gasteiger partial charge in [-0.15, -0.1) is 0 Å². The highest BCUT2D eigenvalue weighted by Crippen LogP contribution is 2.32. The first-order valence-electron chi connectivity index (χ1n) is 12.2. The van der Waals surface area contributed by atoms with Crippen molar-refractivity contribution in [2.24, 2.45) is 0 Å². The van der Waals surface area contributed by atoms with Crippen LogP contribution in [0.4, 0.5) is 14.9 Å². The maximum Gasteiger partial charge on any atom is 0.325 e. The van der Waals surface area contributed by atoms with Crippen molar-refractivity contribution >= 4 is 23.5 Å². The van der Waals surface area contributed by atoms with Gasteiger partial charge in [0.15, 0.2) is 0 Å². The lowest BCUT2D eigenvalue weighted by molar-refractivity contribution is -0.134. The second-order valence-corrected chi connectivity index (χ2v) is 8.94. The van der Waals surface area contributed by atoms with Gasteiger partial charge in [-0.05, 0) is 41.5 Å². The van der Waals surface area contributed by atoms with Gasteiger partial charge in [0.05, 0.1) is 23.9 Å². The summed E-state index contributed by atoms with van der Waals surface area (Å²) in [5.41, 5.74) is 1.14. The minimum Gasteiger partial charge on any atom is -0.491 e. The van der Waals surface area contributed by atoms with E-state index in [1.165, 1.54) is 12.1 Å². The summed E-state index contributed by atoms with van der Waals surface area (Å²) in [7, 11) is 1.57. The zero-order valence-corrected chi connectivity index (χ0v) is 21.4. The number of amides is 4. The molecule has 0 aliphatic carbocycles. The molecule has 1 saturated heterocycles. The zero-order chi connectivity index (χ0) is 27.9. The Morgan fingerprint density at radius 3 is 2.46 bits per heavy atom. The van der Waals surface area contributed by atoms with Crippen molar-refractivity contribution < 1.29 is 28.2 Å². The third kappa shape index (κ3) is 6.05. The van der Waals surface area contributed by atoms with Crippen molar-refractivity contribution in [1.29, 1.82) is 5.26 Å². The van der Waals surface area contributed by atoms with Crippen LogP contribution >= 0.6 is 0 Å². The Hall–Kier alpha value is -4.75. The molecule has 2 N–H and O–H groups in total. The van der Waals surface area contributed by atoms with E-state index in [1.54, 1.807) is 62.6 Å². The molecule has 0 bridgehead atoms. The average Bonchev–Trinajstić information content (AvgIpc) is 3.24. The number of imide groups is 1. The van der Waals surface area contributed by atoms with Crippen LogP contribution in [0.2, 0.25) is 0 Å². The van der Waals surface area contributed by atoms with E-state index < -0.39 is 41.7 Å². The Morgan fingerprint density at radius 1 is 1.10 bits per heavy atom. The van der Waals surface area contributed by atoms with Gasteiger partial charge in [-0.25, -0.2) is 14.1 Å². The summed E-state index contributed by atoms with van der Waals surface area (Å²) in [5.74, 6) is -2.23. The van der Waals surface area contributed by atoms with Crippen LogP contribution in [-0.4, -0.2) is 49.1 Å². The molecule has 9 nitrogen and oxygen atoms in total. The number of hydrogen-bond acceptors (Lipinski definition) is 6. The molecule has 1 heterocycles. The molecule has 0 saturated carbocycles. The van der Waals surface area contributed by atoms with E-state index in [2.05, 4.69) is 10.6 Å². The SMILES string of the molecule is COCCOc1ccc([C@H]2NC(=O)N(C(C(=O)Nc3ccc(C#N)cc3F)C(C)c3ccccc3)C2=O)cc1. The maximum atomic E-state index is 14.6. The minimum atomic E-state index is -1.29. The Balaban J connectivity index is 1.62. The number of carbonyl (C=O) groups excluding carboxylic acids is 3. The quantitative estimate of drug-likeness (QED) is 0.300. The summed E-state index contributed by atoms with van der Waals surface area (Å²) in [5, 5.41) is 14.2. The van der Waals surface area contributed by atoms with E-state index in [0.29, 0.717) is 30.1 Å². The van der Waals surface area contributed by atoms with Crippen LogP contribution in [0, 0.1) is 17.1 Å². The smallest absolute Gasteiger partial charge is 0.325 e. The van der Waals surface area contributed by atoms with Gasteiger partial charge in [-0.2, -0.15) is 5.26 Å². The second kappa shape index (κ2) is 12.2. The van der Waals surface area contributed by atoms with Gasteiger partial charge in [-0.3, -0.25) is 9.59 Å². The summed E-state index contributed by atoms with van der Waals surface area (Å²) in [6.45, 7) is 2.49. The number of halogens is 1. The van der Waals surface area contributed by atoms with Crippen LogP contribution in [0.3, 0.4) is 0 Å². The lowest BCUT2D eigenvalue weighted by atomic mass is 9.91. The van der Waals surface area contributed by atoms with Crippen molar-refractivity contribution in [3.63, 3.8) is 0 Å². The van der Waals surface area contributed by atoms with Crippen LogP contribution in [0.1, 0.15) is 35.6 Å². The molecule has 1 aliphatic rings. The predicted molar refractivity (Wildman–Crippen MR) is 140 cm³/mol. The average molecular weight is 531 g/mol. The van der Waals surface area contributed by atoms with E-state index in [0.717, 1.165) is 11.0 Å². The van der Waals surface area contributed by atoms with Gasteiger partial charge in [-0.1, -0.05) is 49.4 Å². The Kier molecular flexibility index (Phi) is 8.53. The number of anilines is 1.